The van der Waals surface area contributed by atoms with E-state index >= 15 is 0 Å². The van der Waals surface area contributed by atoms with Gasteiger partial charge in [0.25, 0.3) is 0 Å². The summed E-state index contributed by atoms with van der Waals surface area (Å²) in [5.74, 6) is 1.27. The Balaban J connectivity index is 2.44. The Hall–Kier alpha value is -2.36. The summed E-state index contributed by atoms with van der Waals surface area (Å²) in [6.45, 7) is 2.33. The largest absolute Gasteiger partial charge is 0.358 e. The molecule has 0 saturated heterocycles. The van der Waals surface area contributed by atoms with Gasteiger partial charge in [0.05, 0.1) is 12.5 Å². The number of aromatic amines is 1. The van der Waals surface area contributed by atoms with Crippen molar-refractivity contribution in [3.05, 3.63) is 22.4 Å². The molecule has 0 saturated carbocycles. The molecule has 0 spiro atoms. The van der Waals surface area contributed by atoms with Crippen LogP contribution in [0.3, 0.4) is 0 Å². The van der Waals surface area contributed by atoms with E-state index in [-0.39, 0.29) is 5.69 Å². The molecule has 0 amide bonds. The van der Waals surface area contributed by atoms with Gasteiger partial charge in [0.2, 0.25) is 0 Å². The molecule has 17 heavy (non-hydrogen) atoms. The summed E-state index contributed by atoms with van der Waals surface area (Å²) in [7, 11) is 1.85. The molecule has 0 bridgehead atoms. The third kappa shape index (κ3) is 1.97. The van der Waals surface area contributed by atoms with Crippen LogP contribution in [0.2, 0.25) is 0 Å². The van der Waals surface area contributed by atoms with Gasteiger partial charge >= 0.3 is 5.69 Å². The first-order valence-electron chi connectivity index (χ1n) is 5.16. The van der Waals surface area contributed by atoms with E-state index in [2.05, 4.69) is 21.3 Å². The van der Waals surface area contributed by atoms with Crippen LogP contribution >= 0.6 is 0 Å². The average Bonchev–Trinajstić information content (AvgIpc) is 2.68. The van der Waals surface area contributed by atoms with E-state index in [1.807, 2.05) is 11.9 Å². The predicted octanol–water partition coefficient (Wildman–Crippen LogP) is 0.0759. The minimum Gasteiger partial charge on any atom is -0.358 e. The number of hydrogen-bond acceptors (Lipinski definition) is 5. The zero-order valence-electron chi connectivity index (χ0n) is 9.64. The number of aryl methyl sites for hydroxylation is 1. The summed E-state index contributed by atoms with van der Waals surface area (Å²) in [5, 5.41) is 14.8. The van der Waals surface area contributed by atoms with Crippen molar-refractivity contribution >= 4 is 11.5 Å². The van der Waals surface area contributed by atoms with Crippen LogP contribution in [0.4, 0.5) is 5.82 Å². The van der Waals surface area contributed by atoms with Crippen molar-refractivity contribution in [2.24, 2.45) is 0 Å². The standard InChI is InChI=1S/C10H12N6O/c1-7-12-8(15(2)5-3-4-11)6-9-13-14-10(17)16(7)9/h6H,3,5H2,1-2H3,(H,14,17). The summed E-state index contributed by atoms with van der Waals surface area (Å²) in [6, 6.07) is 3.79. The Morgan fingerprint density at radius 1 is 1.65 bits per heavy atom. The third-order valence-electron chi connectivity index (χ3n) is 2.51. The van der Waals surface area contributed by atoms with Crippen LogP contribution in [-0.4, -0.2) is 33.2 Å². The summed E-state index contributed by atoms with van der Waals surface area (Å²) < 4.78 is 1.40. The first-order chi connectivity index (χ1) is 8.13. The molecule has 0 aliphatic heterocycles. The molecule has 0 fully saturated rings. The number of aromatic nitrogens is 4. The Bertz CT molecular complexity index is 634. The summed E-state index contributed by atoms with van der Waals surface area (Å²) >= 11 is 0. The van der Waals surface area contributed by atoms with E-state index in [4.69, 9.17) is 5.26 Å². The summed E-state index contributed by atoms with van der Waals surface area (Å²) in [5.41, 5.74) is 0.234. The maximum atomic E-state index is 11.4. The van der Waals surface area contributed by atoms with Gasteiger partial charge in [-0.1, -0.05) is 0 Å². The first-order valence-corrected chi connectivity index (χ1v) is 5.16. The fraction of sp³-hybridized carbons (Fsp3) is 0.400. The van der Waals surface area contributed by atoms with Crippen LogP contribution in [0.25, 0.3) is 5.65 Å². The summed E-state index contributed by atoms with van der Waals surface area (Å²) in [6.07, 6.45) is 0.426. The third-order valence-corrected chi connectivity index (χ3v) is 2.51. The zero-order valence-corrected chi connectivity index (χ0v) is 9.64. The molecule has 2 aromatic rings. The molecule has 7 heteroatoms. The molecule has 0 aliphatic carbocycles. The van der Waals surface area contributed by atoms with Crippen molar-refractivity contribution in [2.45, 2.75) is 13.3 Å². The molecule has 2 rings (SSSR count). The number of anilines is 1. The molecular formula is C10H12N6O. The van der Waals surface area contributed by atoms with Gasteiger partial charge < -0.3 is 4.90 Å². The number of H-pyrrole nitrogens is 1. The van der Waals surface area contributed by atoms with Crippen molar-refractivity contribution in [3.63, 3.8) is 0 Å². The van der Waals surface area contributed by atoms with Crippen LogP contribution in [0.5, 0.6) is 0 Å². The molecule has 0 radical (unpaired) electrons. The van der Waals surface area contributed by atoms with Crippen LogP contribution in [-0.2, 0) is 0 Å². The Morgan fingerprint density at radius 3 is 3.12 bits per heavy atom. The second-order valence-corrected chi connectivity index (χ2v) is 3.71. The van der Waals surface area contributed by atoms with Crippen LogP contribution in [0.1, 0.15) is 12.2 Å². The van der Waals surface area contributed by atoms with E-state index in [1.54, 1.807) is 13.0 Å². The second-order valence-electron chi connectivity index (χ2n) is 3.71. The van der Waals surface area contributed by atoms with Gasteiger partial charge in [0, 0.05) is 19.7 Å². The quantitative estimate of drug-likeness (QED) is 0.809. The van der Waals surface area contributed by atoms with Gasteiger partial charge in [0.15, 0.2) is 5.65 Å². The van der Waals surface area contributed by atoms with E-state index in [1.165, 1.54) is 4.40 Å². The van der Waals surface area contributed by atoms with E-state index in [9.17, 15) is 4.79 Å². The highest BCUT2D eigenvalue weighted by Crippen LogP contribution is 2.12. The van der Waals surface area contributed by atoms with Gasteiger partial charge in [-0.3, -0.25) is 0 Å². The average molecular weight is 232 g/mol. The number of rotatable bonds is 3. The molecule has 7 nitrogen and oxygen atoms in total. The Labute approximate surface area is 97.3 Å². The molecular weight excluding hydrogens is 220 g/mol. The lowest BCUT2D eigenvalue weighted by Gasteiger charge is -2.16. The maximum Gasteiger partial charge on any atom is 0.349 e. The number of hydrogen-bond donors (Lipinski definition) is 1. The van der Waals surface area contributed by atoms with Gasteiger partial charge in [-0.25, -0.2) is 19.3 Å². The highest BCUT2D eigenvalue weighted by molar-refractivity contribution is 5.50. The lowest BCUT2D eigenvalue weighted by atomic mass is 10.4. The predicted molar refractivity (Wildman–Crippen MR) is 61.8 cm³/mol. The lowest BCUT2D eigenvalue weighted by molar-refractivity contribution is 0.857. The smallest absolute Gasteiger partial charge is 0.349 e. The monoisotopic (exact) mass is 232 g/mol. The van der Waals surface area contributed by atoms with Crippen molar-refractivity contribution in [1.82, 2.24) is 19.6 Å². The molecule has 0 aromatic carbocycles. The van der Waals surface area contributed by atoms with Crippen molar-refractivity contribution in [2.75, 3.05) is 18.5 Å². The lowest BCUT2D eigenvalue weighted by Crippen LogP contribution is -2.21. The van der Waals surface area contributed by atoms with Gasteiger partial charge in [0.1, 0.15) is 11.6 Å². The van der Waals surface area contributed by atoms with E-state index in [0.717, 1.165) is 0 Å². The molecule has 2 heterocycles. The minimum absolute atomic E-state index is 0.295. The van der Waals surface area contributed by atoms with Crippen LogP contribution in [0, 0.1) is 18.3 Å². The molecule has 2 aromatic heterocycles. The van der Waals surface area contributed by atoms with Crippen molar-refractivity contribution in [1.29, 1.82) is 5.26 Å². The zero-order chi connectivity index (χ0) is 12.4. The second kappa shape index (κ2) is 4.25. The highest BCUT2D eigenvalue weighted by Gasteiger charge is 2.09. The van der Waals surface area contributed by atoms with Gasteiger partial charge in [-0.05, 0) is 6.92 Å². The number of nitrogens with zero attached hydrogens (tertiary/aromatic N) is 5. The van der Waals surface area contributed by atoms with Crippen LogP contribution in [0.15, 0.2) is 10.9 Å². The van der Waals surface area contributed by atoms with Gasteiger partial charge in [-0.2, -0.15) is 10.4 Å². The van der Waals surface area contributed by atoms with Crippen molar-refractivity contribution in [3.8, 4) is 6.07 Å². The molecule has 0 unspecified atom stereocenters. The highest BCUT2D eigenvalue weighted by atomic mass is 16.1. The Kier molecular flexibility index (Phi) is 2.78. The fourth-order valence-electron chi connectivity index (χ4n) is 1.61. The topological polar surface area (TPSA) is 90.1 Å². The Morgan fingerprint density at radius 2 is 2.41 bits per heavy atom. The molecule has 0 atom stereocenters. The van der Waals surface area contributed by atoms with Crippen LogP contribution < -0.4 is 10.6 Å². The first kappa shape index (κ1) is 11.1. The molecule has 1 N–H and O–H groups in total. The van der Waals surface area contributed by atoms with Gasteiger partial charge in [-0.15, -0.1) is 0 Å². The number of nitrogens with one attached hydrogen (secondary N) is 1. The molecule has 0 aliphatic rings. The normalized spacial score (nSPS) is 10.4. The fourth-order valence-corrected chi connectivity index (χ4v) is 1.61. The van der Waals surface area contributed by atoms with E-state index < -0.39 is 0 Å². The maximum absolute atomic E-state index is 11.4. The number of nitriles is 1. The SMILES string of the molecule is Cc1nc(N(C)CCC#N)cc2n[nH]c(=O)n12. The molecule has 88 valence electrons. The van der Waals surface area contributed by atoms with Crippen molar-refractivity contribution < 1.29 is 0 Å². The van der Waals surface area contributed by atoms with E-state index in [0.29, 0.717) is 30.3 Å². The summed E-state index contributed by atoms with van der Waals surface area (Å²) in [4.78, 5) is 17.6. The number of fused-ring (bicyclic) bond motifs is 1. The minimum atomic E-state index is -0.295.